The van der Waals surface area contributed by atoms with Crippen LogP contribution in [-0.2, 0) is 4.79 Å². The van der Waals surface area contributed by atoms with E-state index in [4.69, 9.17) is 10.4 Å². The summed E-state index contributed by atoms with van der Waals surface area (Å²) < 4.78 is 0. The van der Waals surface area contributed by atoms with Crippen molar-refractivity contribution in [3.05, 3.63) is 18.0 Å². The molecule has 0 aliphatic heterocycles. The molecule has 0 fully saturated rings. The van der Waals surface area contributed by atoms with E-state index >= 15 is 0 Å². The van der Waals surface area contributed by atoms with Crippen molar-refractivity contribution < 1.29 is 9.90 Å². The van der Waals surface area contributed by atoms with E-state index in [1.807, 2.05) is 6.07 Å². The maximum atomic E-state index is 10.8. The van der Waals surface area contributed by atoms with Gasteiger partial charge in [0.1, 0.15) is 11.8 Å². The highest BCUT2D eigenvalue weighted by atomic mass is 16.4. The van der Waals surface area contributed by atoms with Crippen LogP contribution in [0, 0.1) is 23.2 Å². The Labute approximate surface area is 112 Å². The number of hydrogen-bond acceptors (Lipinski definition) is 5. The summed E-state index contributed by atoms with van der Waals surface area (Å²) in [6.07, 6.45) is 2.43. The summed E-state index contributed by atoms with van der Waals surface area (Å²) in [6, 6.07) is 3.46. The zero-order valence-corrected chi connectivity index (χ0v) is 11.1. The van der Waals surface area contributed by atoms with Gasteiger partial charge < -0.3 is 10.4 Å². The quantitative estimate of drug-likeness (QED) is 0.778. The van der Waals surface area contributed by atoms with Gasteiger partial charge in [0.05, 0.1) is 0 Å². The molecule has 0 saturated heterocycles. The van der Waals surface area contributed by atoms with Crippen LogP contribution in [0.4, 0.5) is 5.95 Å². The Bertz CT molecular complexity index is 468. The first-order chi connectivity index (χ1) is 9.01. The fourth-order valence-corrected chi connectivity index (χ4v) is 1.89. The number of aromatic nitrogens is 2. The van der Waals surface area contributed by atoms with E-state index in [9.17, 15) is 4.79 Å². The predicted molar refractivity (Wildman–Crippen MR) is 70.4 cm³/mol. The molecule has 0 amide bonds. The molecule has 0 radical (unpaired) electrons. The highest BCUT2D eigenvalue weighted by Gasteiger charge is 2.15. The second-order valence-corrected chi connectivity index (χ2v) is 4.85. The first-order valence-corrected chi connectivity index (χ1v) is 6.20. The average Bonchev–Trinajstić information content (AvgIpc) is 2.35. The van der Waals surface area contributed by atoms with Crippen molar-refractivity contribution >= 4 is 11.9 Å². The lowest BCUT2D eigenvalue weighted by atomic mass is 9.94. The largest absolute Gasteiger partial charge is 0.481 e. The molecule has 19 heavy (non-hydrogen) atoms. The van der Waals surface area contributed by atoms with Gasteiger partial charge in [-0.15, -0.1) is 0 Å². The van der Waals surface area contributed by atoms with Gasteiger partial charge in [-0.25, -0.2) is 9.97 Å². The van der Waals surface area contributed by atoms with Gasteiger partial charge in [0.25, 0.3) is 0 Å². The predicted octanol–water partition coefficient (Wildman–Crippen LogP) is 1.90. The number of rotatable bonds is 7. The molecule has 0 spiro atoms. The highest BCUT2D eigenvalue weighted by molar-refractivity contribution is 5.67. The Morgan fingerprint density at radius 1 is 1.58 bits per heavy atom. The number of nitrogens with zero attached hydrogens (tertiary/aromatic N) is 3. The first-order valence-electron chi connectivity index (χ1n) is 6.20. The minimum atomic E-state index is -0.806. The van der Waals surface area contributed by atoms with Crippen molar-refractivity contribution in [1.29, 1.82) is 5.26 Å². The average molecular weight is 262 g/mol. The van der Waals surface area contributed by atoms with Crippen LogP contribution < -0.4 is 5.32 Å². The molecule has 102 valence electrons. The molecule has 1 unspecified atom stereocenters. The molecular weight excluding hydrogens is 244 g/mol. The topological polar surface area (TPSA) is 98.9 Å². The second-order valence-electron chi connectivity index (χ2n) is 4.85. The Kier molecular flexibility index (Phi) is 5.73. The van der Waals surface area contributed by atoms with Crippen molar-refractivity contribution in [2.75, 3.05) is 11.9 Å². The summed E-state index contributed by atoms with van der Waals surface area (Å²) in [4.78, 5) is 18.8. The van der Waals surface area contributed by atoms with E-state index in [-0.39, 0.29) is 18.0 Å². The van der Waals surface area contributed by atoms with E-state index in [1.165, 1.54) is 12.3 Å². The SMILES string of the molecule is CC(C)CC(CNc1nccc(C#N)n1)CC(=O)O. The van der Waals surface area contributed by atoms with Crippen LogP contribution in [0.3, 0.4) is 0 Å². The standard InChI is InChI=1S/C13H18N4O2/c1-9(2)5-10(6-12(18)19)8-16-13-15-4-3-11(7-14)17-13/h3-4,9-10H,5-6,8H2,1-2H3,(H,18,19)(H,15,16,17). The summed E-state index contributed by atoms with van der Waals surface area (Å²) in [5.41, 5.74) is 0.288. The lowest BCUT2D eigenvalue weighted by Crippen LogP contribution is -2.20. The molecule has 1 heterocycles. The summed E-state index contributed by atoms with van der Waals surface area (Å²) in [5, 5.41) is 20.6. The molecule has 2 N–H and O–H groups in total. The van der Waals surface area contributed by atoms with Crippen LogP contribution in [-0.4, -0.2) is 27.6 Å². The monoisotopic (exact) mass is 262 g/mol. The van der Waals surface area contributed by atoms with Crippen LogP contribution in [0.15, 0.2) is 12.3 Å². The molecule has 0 saturated carbocycles. The Hall–Kier alpha value is -2.16. The van der Waals surface area contributed by atoms with Crippen LogP contribution >= 0.6 is 0 Å². The smallest absolute Gasteiger partial charge is 0.303 e. The van der Waals surface area contributed by atoms with Gasteiger partial charge in [0.15, 0.2) is 0 Å². The normalized spacial score (nSPS) is 11.9. The molecule has 1 atom stereocenters. The number of aliphatic carboxylic acids is 1. The van der Waals surface area contributed by atoms with Gasteiger partial charge in [0.2, 0.25) is 5.95 Å². The molecule has 6 nitrogen and oxygen atoms in total. The maximum Gasteiger partial charge on any atom is 0.303 e. The third kappa shape index (κ3) is 5.82. The van der Waals surface area contributed by atoms with Crippen molar-refractivity contribution in [3.63, 3.8) is 0 Å². The first kappa shape index (κ1) is 14.9. The Morgan fingerprint density at radius 3 is 2.89 bits per heavy atom. The number of carboxylic acid groups (broad SMARTS) is 1. The fourth-order valence-electron chi connectivity index (χ4n) is 1.89. The van der Waals surface area contributed by atoms with Crippen LogP contribution in [0.2, 0.25) is 0 Å². The van der Waals surface area contributed by atoms with Gasteiger partial charge in [-0.05, 0) is 24.3 Å². The Morgan fingerprint density at radius 2 is 2.32 bits per heavy atom. The molecule has 0 aromatic carbocycles. The number of carbonyl (C=O) groups is 1. The molecule has 0 bridgehead atoms. The van der Waals surface area contributed by atoms with Gasteiger partial charge >= 0.3 is 5.97 Å². The summed E-state index contributed by atoms with van der Waals surface area (Å²) in [5.74, 6) is 0.00157. The van der Waals surface area contributed by atoms with E-state index < -0.39 is 5.97 Å². The van der Waals surface area contributed by atoms with E-state index in [2.05, 4.69) is 29.1 Å². The Balaban J connectivity index is 2.59. The molecule has 1 aromatic heterocycles. The zero-order chi connectivity index (χ0) is 14.3. The fraction of sp³-hybridized carbons (Fsp3) is 0.538. The van der Waals surface area contributed by atoms with E-state index in [0.717, 1.165) is 6.42 Å². The van der Waals surface area contributed by atoms with Crippen LogP contribution in [0.25, 0.3) is 0 Å². The van der Waals surface area contributed by atoms with Crippen LogP contribution in [0.1, 0.15) is 32.4 Å². The van der Waals surface area contributed by atoms with Crippen molar-refractivity contribution in [3.8, 4) is 6.07 Å². The highest BCUT2D eigenvalue weighted by Crippen LogP contribution is 2.16. The van der Waals surface area contributed by atoms with Crippen LogP contribution in [0.5, 0.6) is 0 Å². The summed E-state index contributed by atoms with van der Waals surface area (Å²) in [7, 11) is 0. The maximum absolute atomic E-state index is 10.8. The van der Waals surface area contributed by atoms with Crippen molar-refractivity contribution in [2.24, 2.45) is 11.8 Å². The molecule has 1 rings (SSSR count). The molecule has 0 aliphatic carbocycles. The molecule has 1 aromatic rings. The number of carboxylic acids is 1. The third-order valence-electron chi connectivity index (χ3n) is 2.59. The number of nitrogens with one attached hydrogen (secondary N) is 1. The third-order valence-corrected chi connectivity index (χ3v) is 2.59. The molecule has 6 heteroatoms. The lowest BCUT2D eigenvalue weighted by Gasteiger charge is -2.17. The summed E-state index contributed by atoms with van der Waals surface area (Å²) in [6.45, 7) is 4.60. The molecular formula is C13H18N4O2. The molecule has 0 aliphatic rings. The van der Waals surface area contributed by atoms with Gasteiger partial charge in [-0.1, -0.05) is 13.8 Å². The number of hydrogen-bond donors (Lipinski definition) is 2. The van der Waals surface area contributed by atoms with Gasteiger partial charge in [-0.2, -0.15) is 5.26 Å². The number of anilines is 1. The van der Waals surface area contributed by atoms with E-state index in [0.29, 0.717) is 18.4 Å². The minimum absolute atomic E-state index is 0.0202. The minimum Gasteiger partial charge on any atom is -0.481 e. The van der Waals surface area contributed by atoms with Gasteiger partial charge in [0, 0.05) is 19.2 Å². The van der Waals surface area contributed by atoms with Crippen molar-refractivity contribution in [2.45, 2.75) is 26.7 Å². The number of nitriles is 1. The zero-order valence-electron chi connectivity index (χ0n) is 11.1. The second kappa shape index (κ2) is 7.31. The van der Waals surface area contributed by atoms with Crippen molar-refractivity contribution in [1.82, 2.24) is 9.97 Å². The van der Waals surface area contributed by atoms with Gasteiger partial charge in [-0.3, -0.25) is 4.79 Å². The lowest BCUT2D eigenvalue weighted by molar-refractivity contribution is -0.138. The summed E-state index contributed by atoms with van der Waals surface area (Å²) >= 11 is 0. The van der Waals surface area contributed by atoms with E-state index in [1.54, 1.807) is 0 Å².